The van der Waals surface area contributed by atoms with Gasteiger partial charge in [0.2, 0.25) is 10.0 Å². The molecule has 0 aliphatic heterocycles. The molecule has 0 aliphatic rings. The molecule has 1 aromatic carbocycles. The van der Waals surface area contributed by atoms with Gasteiger partial charge in [-0.05, 0) is 19.1 Å². The second-order valence-corrected chi connectivity index (χ2v) is 6.99. The van der Waals surface area contributed by atoms with Crippen LogP contribution < -0.4 is 10.0 Å². The molecule has 2 N–H and O–H groups in total. The van der Waals surface area contributed by atoms with Gasteiger partial charge >= 0.3 is 0 Å². The van der Waals surface area contributed by atoms with Gasteiger partial charge < -0.3 is 5.32 Å². The standard InChI is InChI=1S/C11H18N2O3S2/c1-3-12-10-6-4-5-7-11(10)18(15,16)13-8-9-17(2)14/h4-7,12-13H,3,8-9H2,1-2H3. The van der Waals surface area contributed by atoms with Crippen molar-refractivity contribution < 1.29 is 12.6 Å². The van der Waals surface area contributed by atoms with Gasteiger partial charge in [-0.3, -0.25) is 4.21 Å². The molecular weight excluding hydrogens is 272 g/mol. The van der Waals surface area contributed by atoms with Crippen molar-refractivity contribution in [1.82, 2.24) is 4.72 Å². The lowest BCUT2D eigenvalue weighted by atomic mass is 10.3. The van der Waals surface area contributed by atoms with Crippen molar-refractivity contribution in [3.8, 4) is 0 Å². The zero-order valence-corrected chi connectivity index (χ0v) is 12.1. The number of nitrogens with one attached hydrogen (secondary N) is 2. The summed E-state index contributed by atoms with van der Waals surface area (Å²) in [6, 6.07) is 6.71. The number of anilines is 1. The Morgan fingerprint density at radius 2 is 1.94 bits per heavy atom. The van der Waals surface area contributed by atoms with Crippen LogP contribution in [0.25, 0.3) is 0 Å². The van der Waals surface area contributed by atoms with E-state index in [4.69, 9.17) is 0 Å². The number of rotatable bonds is 7. The maximum absolute atomic E-state index is 12.1. The molecule has 18 heavy (non-hydrogen) atoms. The van der Waals surface area contributed by atoms with Crippen LogP contribution in [0.1, 0.15) is 6.92 Å². The molecule has 0 saturated carbocycles. The number of hydrogen-bond donors (Lipinski definition) is 2. The quantitative estimate of drug-likeness (QED) is 0.778. The van der Waals surface area contributed by atoms with Crippen LogP contribution in [-0.4, -0.2) is 37.7 Å². The van der Waals surface area contributed by atoms with E-state index in [0.717, 1.165) is 0 Å². The van der Waals surface area contributed by atoms with E-state index in [2.05, 4.69) is 10.0 Å². The average molecular weight is 290 g/mol. The fourth-order valence-corrected chi connectivity index (χ4v) is 3.17. The zero-order valence-electron chi connectivity index (χ0n) is 10.5. The van der Waals surface area contributed by atoms with E-state index < -0.39 is 20.8 Å². The average Bonchev–Trinajstić information content (AvgIpc) is 2.29. The monoisotopic (exact) mass is 290 g/mol. The van der Waals surface area contributed by atoms with Crippen molar-refractivity contribution in [3.63, 3.8) is 0 Å². The topological polar surface area (TPSA) is 75.3 Å². The summed E-state index contributed by atoms with van der Waals surface area (Å²) >= 11 is 0. The molecule has 0 aliphatic carbocycles. The highest BCUT2D eigenvalue weighted by Crippen LogP contribution is 2.20. The number of hydrogen-bond acceptors (Lipinski definition) is 4. The van der Waals surface area contributed by atoms with Crippen molar-refractivity contribution in [2.45, 2.75) is 11.8 Å². The largest absolute Gasteiger partial charge is 0.384 e. The Morgan fingerprint density at radius 3 is 2.56 bits per heavy atom. The lowest BCUT2D eigenvalue weighted by Gasteiger charge is -2.11. The van der Waals surface area contributed by atoms with Gasteiger partial charge in [0.15, 0.2) is 0 Å². The molecule has 1 rings (SSSR count). The Morgan fingerprint density at radius 1 is 1.28 bits per heavy atom. The fourth-order valence-electron chi connectivity index (χ4n) is 1.43. The minimum Gasteiger partial charge on any atom is -0.384 e. The third kappa shape index (κ3) is 4.40. The van der Waals surface area contributed by atoms with Gasteiger partial charge in [-0.25, -0.2) is 13.1 Å². The summed E-state index contributed by atoms with van der Waals surface area (Å²) < 4.78 is 37.5. The van der Waals surface area contributed by atoms with E-state index in [0.29, 0.717) is 18.0 Å². The molecular formula is C11H18N2O3S2. The Balaban J connectivity index is 2.87. The molecule has 0 aromatic heterocycles. The Hall–Kier alpha value is -0.920. The molecule has 1 atom stereocenters. The van der Waals surface area contributed by atoms with Gasteiger partial charge in [0.1, 0.15) is 4.90 Å². The molecule has 0 amide bonds. The smallest absolute Gasteiger partial charge is 0.242 e. The van der Waals surface area contributed by atoms with E-state index in [-0.39, 0.29) is 11.4 Å². The molecule has 5 nitrogen and oxygen atoms in total. The van der Waals surface area contributed by atoms with Crippen LogP contribution in [0.4, 0.5) is 5.69 Å². The molecule has 102 valence electrons. The third-order valence-electron chi connectivity index (χ3n) is 2.23. The highest BCUT2D eigenvalue weighted by molar-refractivity contribution is 7.89. The van der Waals surface area contributed by atoms with Crippen LogP contribution in [0.3, 0.4) is 0 Å². The number of benzene rings is 1. The molecule has 0 fully saturated rings. The third-order valence-corrected chi connectivity index (χ3v) is 4.52. The highest BCUT2D eigenvalue weighted by Gasteiger charge is 2.17. The van der Waals surface area contributed by atoms with Gasteiger partial charge in [0, 0.05) is 35.9 Å². The van der Waals surface area contributed by atoms with Crippen LogP contribution in [0.5, 0.6) is 0 Å². The summed E-state index contributed by atoms with van der Waals surface area (Å²) in [4.78, 5) is 0.216. The van der Waals surface area contributed by atoms with E-state index in [1.807, 2.05) is 6.92 Å². The molecule has 7 heteroatoms. The van der Waals surface area contributed by atoms with Gasteiger partial charge in [-0.15, -0.1) is 0 Å². The van der Waals surface area contributed by atoms with Crippen molar-refractivity contribution >= 4 is 26.5 Å². The minimum absolute atomic E-state index is 0.173. The van der Waals surface area contributed by atoms with Crippen LogP contribution >= 0.6 is 0 Å². The predicted molar refractivity (Wildman–Crippen MR) is 74.7 cm³/mol. The van der Waals surface area contributed by atoms with Gasteiger partial charge in [0.25, 0.3) is 0 Å². The first-order chi connectivity index (χ1) is 8.47. The summed E-state index contributed by atoms with van der Waals surface area (Å²) in [5.41, 5.74) is 0.574. The fraction of sp³-hybridized carbons (Fsp3) is 0.455. The molecule has 1 unspecified atom stereocenters. The Labute approximate surface area is 110 Å². The van der Waals surface area contributed by atoms with Crippen LogP contribution in [0.15, 0.2) is 29.2 Å². The number of sulfonamides is 1. The maximum Gasteiger partial charge on any atom is 0.242 e. The van der Waals surface area contributed by atoms with E-state index in [1.165, 1.54) is 0 Å². The summed E-state index contributed by atoms with van der Waals surface area (Å²) in [7, 11) is -4.56. The highest BCUT2D eigenvalue weighted by atomic mass is 32.2. The lowest BCUT2D eigenvalue weighted by molar-refractivity contribution is 0.584. The second-order valence-electron chi connectivity index (χ2n) is 3.70. The summed E-state index contributed by atoms with van der Waals surface area (Å²) in [6.07, 6.45) is 1.54. The number of para-hydroxylation sites is 1. The first-order valence-electron chi connectivity index (χ1n) is 5.60. The van der Waals surface area contributed by atoms with E-state index in [1.54, 1.807) is 30.5 Å². The summed E-state index contributed by atoms with van der Waals surface area (Å²) in [6.45, 7) is 2.72. The van der Waals surface area contributed by atoms with Crippen molar-refractivity contribution in [2.24, 2.45) is 0 Å². The van der Waals surface area contributed by atoms with Crippen molar-refractivity contribution in [2.75, 3.05) is 30.4 Å². The van der Waals surface area contributed by atoms with Gasteiger partial charge in [-0.1, -0.05) is 12.1 Å². The molecule has 0 bridgehead atoms. The summed E-state index contributed by atoms with van der Waals surface area (Å²) in [5, 5.41) is 3.00. The molecule has 0 spiro atoms. The first-order valence-corrected chi connectivity index (χ1v) is 8.81. The van der Waals surface area contributed by atoms with E-state index >= 15 is 0 Å². The van der Waals surface area contributed by atoms with Crippen LogP contribution in [-0.2, 0) is 20.8 Å². The Bertz CT molecular complexity index is 515. The Kier molecular flexibility index (Phi) is 5.77. The minimum atomic E-state index is -3.56. The van der Waals surface area contributed by atoms with Crippen LogP contribution in [0.2, 0.25) is 0 Å². The summed E-state index contributed by atoms with van der Waals surface area (Å²) in [5.74, 6) is 0.308. The molecule has 0 heterocycles. The maximum atomic E-state index is 12.1. The zero-order chi connectivity index (χ0) is 13.6. The van der Waals surface area contributed by atoms with Crippen LogP contribution in [0, 0.1) is 0 Å². The molecule has 0 radical (unpaired) electrons. The molecule has 0 saturated heterocycles. The van der Waals surface area contributed by atoms with Gasteiger partial charge in [-0.2, -0.15) is 0 Å². The van der Waals surface area contributed by atoms with E-state index in [9.17, 15) is 12.6 Å². The first kappa shape index (κ1) is 15.1. The second kappa shape index (κ2) is 6.86. The SMILES string of the molecule is CCNc1ccccc1S(=O)(=O)NCCS(C)=O. The lowest BCUT2D eigenvalue weighted by Crippen LogP contribution is -2.28. The van der Waals surface area contributed by atoms with Gasteiger partial charge in [0.05, 0.1) is 5.69 Å². The predicted octanol–water partition coefficient (Wildman–Crippen LogP) is 0.775. The normalized spacial score (nSPS) is 13.2. The van der Waals surface area contributed by atoms with Crippen molar-refractivity contribution in [1.29, 1.82) is 0 Å². The molecule has 1 aromatic rings. The van der Waals surface area contributed by atoms with Crippen molar-refractivity contribution in [3.05, 3.63) is 24.3 Å².